The van der Waals surface area contributed by atoms with Crippen molar-refractivity contribution in [2.45, 2.75) is 13.3 Å². The molecule has 0 spiro atoms. The van der Waals surface area contributed by atoms with Crippen molar-refractivity contribution in [3.8, 4) is 0 Å². The fourth-order valence-electron chi connectivity index (χ4n) is 1.81. The molecule has 0 bridgehead atoms. The van der Waals surface area contributed by atoms with Crippen LogP contribution in [-0.2, 0) is 6.42 Å². The van der Waals surface area contributed by atoms with E-state index in [9.17, 15) is 4.79 Å². The van der Waals surface area contributed by atoms with E-state index in [-0.39, 0.29) is 5.91 Å². The van der Waals surface area contributed by atoms with Crippen LogP contribution in [0.1, 0.15) is 22.3 Å². The maximum Gasteiger partial charge on any atom is 0.257 e. The standard InChI is InChI=1S/C13H12N4OS/c1-2-11-16-17-13(19-11)15-12(18)9-3-4-10-8(7-9)5-6-14-10/h3-7,14H,2H2,1H3,(H,15,17,18). The van der Waals surface area contributed by atoms with E-state index in [1.165, 1.54) is 11.3 Å². The van der Waals surface area contributed by atoms with Gasteiger partial charge in [0.15, 0.2) is 0 Å². The Labute approximate surface area is 113 Å². The minimum atomic E-state index is -0.165. The highest BCUT2D eigenvalue weighted by Crippen LogP contribution is 2.18. The van der Waals surface area contributed by atoms with Crippen molar-refractivity contribution in [2.75, 3.05) is 5.32 Å². The van der Waals surface area contributed by atoms with Crippen LogP contribution in [0.4, 0.5) is 5.13 Å². The average molecular weight is 272 g/mol. The molecular formula is C13H12N4OS. The number of fused-ring (bicyclic) bond motifs is 1. The van der Waals surface area contributed by atoms with Gasteiger partial charge in [-0.2, -0.15) is 0 Å². The highest BCUT2D eigenvalue weighted by atomic mass is 32.1. The Morgan fingerprint density at radius 2 is 2.26 bits per heavy atom. The lowest BCUT2D eigenvalue weighted by molar-refractivity contribution is 0.102. The maximum atomic E-state index is 12.1. The molecule has 96 valence electrons. The number of amides is 1. The minimum Gasteiger partial charge on any atom is -0.361 e. The Morgan fingerprint density at radius 3 is 3.05 bits per heavy atom. The summed E-state index contributed by atoms with van der Waals surface area (Å²) in [4.78, 5) is 15.2. The largest absolute Gasteiger partial charge is 0.361 e. The lowest BCUT2D eigenvalue weighted by Gasteiger charge is -2.01. The van der Waals surface area contributed by atoms with E-state index < -0.39 is 0 Å². The molecule has 0 aliphatic carbocycles. The lowest BCUT2D eigenvalue weighted by Crippen LogP contribution is -2.11. The van der Waals surface area contributed by atoms with Gasteiger partial charge in [-0.25, -0.2) is 0 Å². The van der Waals surface area contributed by atoms with Gasteiger partial charge in [0, 0.05) is 22.7 Å². The number of nitrogens with zero attached hydrogens (tertiary/aromatic N) is 2. The van der Waals surface area contributed by atoms with Crippen molar-refractivity contribution in [3.63, 3.8) is 0 Å². The third-order valence-electron chi connectivity index (χ3n) is 2.81. The molecule has 2 aromatic heterocycles. The molecule has 3 rings (SSSR count). The van der Waals surface area contributed by atoms with Crippen molar-refractivity contribution in [2.24, 2.45) is 0 Å². The van der Waals surface area contributed by atoms with Crippen LogP contribution in [0.3, 0.4) is 0 Å². The zero-order valence-corrected chi connectivity index (χ0v) is 11.1. The number of H-pyrrole nitrogens is 1. The molecule has 0 unspecified atom stereocenters. The molecule has 6 heteroatoms. The predicted octanol–water partition coefficient (Wildman–Crippen LogP) is 2.83. The molecule has 2 N–H and O–H groups in total. The summed E-state index contributed by atoms with van der Waals surface area (Å²) in [6.45, 7) is 2.01. The van der Waals surface area contributed by atoms with Gasteiger partial charge in [-0.05, 0) is 30.7 Å². The van der Waals surface area contributed by atoms with Gasteiger partial charge in [0.05, 0.1) is 0 Å². The average Bonchev–Trinajstić information content (AvgIpc) is 3.05. The van der Waals surface area contributed by atoms with Crippen molar-refractivity contribution in [1.82, 2.24) is 15.2 Å². The summed E-state index contributed by atoms with van der Waals surface area (Å²) >= 11 is 1.40. The van der Waals surface area contributed by atoms with Crippen LogP contribution < -0.4 is 5.32 Å². The van der Waals surface area contributed by atoms with E-state index in [0.29, 0.717) is 10.7 Å². The predicted molar refractivity (Wildman–Crippen MR) is 75.5 cm³/mol. The first kappa shape index (κ1) is 11.9. The molecule has 0 aliphatic heterocycles. The zero-order chi connectivity index (χ0) is 13.2. The minimum absolute atomic E-state index is 0.165. The first-order valence-electron chi connectivity index (χ1n) is 5.97. The Kier molecular flexibility index (Phi) is 3.00. The summed E-state index contributed by atoms with van der Waals surface area (Å²) in [6.07, 6.45) is 2.67. The molecule has 1 aromatic carbocycles. The number of aromatic amines is 1. The van der Waals surface area contributed by atoms with E-state index >= 15 is 0 Å². The number of anilines is 1. The lowest BCUT2D eigenvalue weighted by atomic mass is 10.1. The van der Waals surface area contributed by atoms with Gasteiger partial charge in [-0.15, -0.1) is 10.2 Å². The summed E-state index contributed by atoms with van der Waals surface area (Å²) < 4.78 is 0. The smallest absolute Gasteiger partial charge is 0.257 e. The summed E-state index contributed by atoms with van der Waals surface area (Å²) in [5, 5.41) is 13.1. The Hall–Kier alpha value is -2.21. The van der Waals surface area contributed by atoms with E-state index in [1.807, 2.05) is 31.3 Å². The number of hydrogen-bond acceptors (Lipinski definition) is 4. The van der Waals surface area contributed by atoms with Gasteiger partial charge >= 0.3 is 0 Å². The summed E-state index contributed by atoms with van der Waals surface area (Å²) in [7, 11) is 0. The molecular weight excluding hydrogens is 260 g/mol. The number of rotatable bonds is 3. The van der Waals surface area contributed by atoms with Crippen molar-refractivity contribution in [1.29, 1.82) is 0 Å². The number of hydrogen-bond donors (Lipinski definition) is 2. The molecule has 5 nitrogen and oxygen atoms in total. The van der Waals surface area contributed by atoms with E-state index in [2.05, 4.69) is 20.5 Å². The van der Waals surface area contributed by atoms with Gasteiger partial charge in [0.2, 0.25) is 5.13 Å². The van der Waals surface area contributed by atoms with Crippen LogP contribution in [0.2, 0.25) is 0 Å². The van der Waals surface area contributed by atoms with Crippen molar-refractivity contribution >= 4 is 33.3 Å². The van der Waals surface area contributed by atoms with Crippen LogP contribution in [0.5, 0.6) is 0 Å². The summed E-state index contributed by atoms with van der Waals surface area (Å²) in [5.41, 5.74) is 1.63. The first-order valence-corrected chi connectivity index (χ1v) is 6.79. The Bertz CT molecular complexity index is 731. The van der Waals surface area contributed by atoms with Crippen LogP contribution in [-0.4, -0.2) is 21.1 Å². The van der Waals surface area contributed by atoms with Crippen LogP contribution in [0, 0.1) is 0 Å². The highest BCUT2D eigenvalue weighted by Gasteiger charge is 2.10. The van der Waals surface area contributed by atoms with Crippen LogP contribution >= 0.6 is 11.3 Å². The summed E-state index contributed by atoms with van der Waals surface area (Å²) in [6, 6.07) is 7.47. The van der Waals surface area contributed by atoms with E-state index in [1.54, 1.807) is 6.07 Å². The number of aromatic nitrogens is 3. The molecule has 19 heavy (non-hydrogen) atoms. The fourth-order valence-corrected chi connectivity index (χ4v) is 2.49. The third kappa shape index (κ3) is 2.34. The molecule has 0 saturated carbocycles. The second-order valence-electron chi connectivity index (χ2n) is 4.09. The van der Waals surface area contributed by atoms with Gasteiger partial charge < -0.3 is 4.98 Å². The quantitative estimate of drug-likeness (QED) is 0.770. The molecule has 3 aromatic rings. The van der Waals surface area contributed by atoms with Gasteiger partial charge in [0.25, 0.3) is 5.91 Å². The third-order valence-corrected chi connectivity index (χ3v) is 3.79. The van der Waals surface area contributed by atoms with Gasteiger partial charge in [-0.1, -0.05) is 18.3 Å². The molecule has 0 aliphatic rings. The van der Waals surface area contributed by atoms with Gasteiger partial charge in [-0.3, -0.25) is 10.1 Å². The number of carbonyl (C=O) groups is 1. The Balaban J connectivity index is 1.82. The van der Waals surface area contributed by atoms with Gasteiger partial charge in [0.1, 0.15) is 5.01 Å². The number of nitrogens with one attached hydrogen (secondary N) is 2. The zero-order valence-electron chi connectivity index (χ0n) is 10.3. The molecule has 0 fully saturated rings. The van der Waals surface area contributed by atoms with Crippen LogP contribution in [0.25, 0.3) is 10.9 Å². The molecule has 0 atom stereocenters. The second-order valence-corrected chi connectivity index (χ2v) is 5.15. The summed E-state index contributed by atoms with van der Waals surface area (Å²) in [5.74, 6) is -0.165. The van der Waals surface area contributed by atoms with E-state index in [0.717, 1.165) is 22.3 Å². The van der Waals surface area contributed by atoms with Crippen molar-refractivity contribution in [3.05, 3.63) is 41.0 Å². The molecule has 0 saturated heterocycles. The normalized spacial score (nSPS) is 10.8. The number of carbonyl (C=O) groups excluding carboxylic acids is 1. The molecule has 1 amide bonds. The van der Waals surface area contributed by atoms with Crippen LogP contribution in [0.15, 0.2) is 30.5 Å². The number of aryl methyl sites for hydroxylation is 1. The molecule has 0 radical (unpaired) electrons. The van der Waals surface area contributed by atoms with E-state index in [4.69, 9.17) is 0 Å². The number of benzene rings is 1. The fraction of sp³-hybridized carbons (Fsp3) is 0.154. The Morgan fingerprint density at radius 1 is 1.37 bits per heavy atom. The maximum absolute atomic E-state index is 12.1. The molecule has 2 heterocycles. The SMILES string of the molecule is CCc1nnc(NC(=O)c2ccc3[nH]ccc3c2)s1. The first-order chi connectivity index (χ1) is 9.26. The van der Waals surface area contributed by atoms with Crippen molar-refractivity contribution < 1.29 is 4.79 Å². The topological polar surface area (TPSA) is 70.7 Å². The second kappa shape index (κ2) is 4.81. The monoisotopic (exact) mass is 272 g/mol. The highest BCUT2D eigenvalue weighted by molar-refractivity contribution is 7.15.